The van der Waals surface area contributed by atoms with Crippen molar-refractivity contribution < 1.29 is 124 Å². The van der Waals surface area contributed by atoms with E-state index in [0.29, 0.717) is 5.82 Å². The molecule has 1 aromatic rings. The summed E-state index contributed by atoms with van der Waals surface area (Å²) >= 11 is 0. The first kappa shape index (κ1) is 53.4. The largest absolute Gasteiger partial charge is 0.394 e. The monoisotopic (exact) mass is 947 g/mol. The Balaban J connectivity index is 1.34. The van der Waals surface area contributed by atoms with Gasteiger partial charge in [-0.25, -0.2) is 4.98 Å². The van der Waals surface area contributed by atoms with E-state index in [1.54, 1.807) is 18.2 Å². The molecule has 4 saturated heterocycles. The summed E-state index contributed by atoms with van der Waals surface area (Å²) in [5.41, 5.74) is 0. The lowest BCUT2D eigenvalue weighted by Gasteiger charge is -2.50. The number of aliphatic hydroxyl groups excluding tert-OH is 16. The highest BCUT2D eigenvalue weighted by molar-refractivity contribution is 5.73. The summed E-state index contributed by atoms with van der Waals surface area (Å²) in [6.07, 6.45) is -41.9. The van der Waals surface area contributed by atoms with Gasteiger partial charge >= 0.3 is 0 Å². The summed E-state index contributed by atoms with van der Waals surface area (Å²) in [6, 6.07) is 3.09. The third-order valence-electron chi connectivity index (χ3n) is 11.3. The third-order valence-corrected chi connectivity index (χ3v) is 11.3. The van der Waals surface area contributed by atoms with Crippen molar-refractivity contribution in [2.75, 3.05) is 44.9 Å². The van der Waals surface area contributed by atoms with E-state index in [1.165, 1.54) is 6.20 Å². The molecule has 4 fully saturated rings. The van der Waals surface area contributed by atoms with E-state index in [1.807, 2.05) is 0 Å². The van der Waals surface area contributed by atoms with Crippen molar-refractivity contribution in [2.45, 2.75) is 154 Å². The molecule has 0 aromatic carbocycles. The standard InChI is InChI=1S/C37H61N3O25/c1-12(46)40-20-25(53)31(63-37-29(57)33(24(52)17(10-44)60-37)65-35-27(55)26(54)22(50)15(8-42)58-35)18(11-45)61-34(20)64-32-23(51)16(9-43)59-36(28(32)56)62-30(14(48)7-41)21(49)13(47)6-39-19-4-2-3-5-38-19/h2-5,13-18,20-37,41-45,47-57H,6-11H2,1H3,(H,38,39)(H,40,46)/t13-,14+,15+,16+,17+,18+,20+,21+,22-,23-,24-,25+,26-,27+,28+,29+,30+,31+,32-,33-,34-,35+,36-,37-/m0/s1. The molecule has 28 nitrogen and oxygen atoms in total. The van der Waals surface area contributed by atoms with Crippen LogP contribution in [0, 0.1) is 0 Å². The number of nitrogens with one attached hydrogen (secondary N) is 2. The first-order valence-corrected chi connectivity index (χ1v) is 20.6. The number of amides is 1. The van der Waals surface area contributed by atoms with Gasteiger partial charge in [0.15, 0.2) is 25.2 Å². The molecule has 5 heterocycles. The van der Waals surface area contributed by atoms with Gasteiger partial charge < -0.3 is 130 Å². The summed E-state index contributed by atoms with van der Waals surface area (Å²) in [5.74, 6) is -0.520. The summed E-state index contributed by atoms with van der Waals surface area (Å²) in [7, 11) is 0. The minimum atomic E-state index is -2.15. The van der Waals surface area contributed by atoms with Gasteiger partial charge in [-0.1, -0.05) is 6.07 Å². The molecule has 24 atom stereocenters. The molecular weight excluding hydrogens is 886 g/mol. The van der Waals surface area contributed by atoms with Crippen LogP contribution in [0.15, 0.2) is 24.4 Å². The molecule has 28 heteroatoms. The van der Waals surface area contributed by atoms with Crippen LogP contribution in [-0.4, -0.2) is 279 Å². The van der Waals surface area contributed by atoms with E-state index in [-0.39, 0.29) is 6.54 Å². The number of hydrogen-bond acceptors (Lipinski definition) is 27. The summed E-state index contributed by atoms with van der Waals surface area (Å²) in [6.45, 7) is -4.16. The molecule has 18 N–H and O–H groups in total. The summed E-state index contributed by atoms with van der Waals surface area (Å²) in [4.78, 5) is 16.5. The molecule has 0 spiro atoms. The fraction of sp³-hybridized carbons (Fsp3) is 0.838. The van der Waals surface area contributed by atoms with Gasteiger partial charge in [-0.2, -0.15) is 0 Å². The van der Waals surface area contributed by atoms with Crippen LogP contribution < -0.4 is 10.6 Å². The molecule has 4 aliphatic heterocycles. The summed E-state index contributed by atoms with van der Waals surface area (Å²) < 4.78 is 45.3. The van der Waals surface area contributed by atoms with Crippen molar-refractivity contribution in [2.24, 2.45) is 0 Å². The number of aliphatic hydroxyl groups is 16. The normalized spacial score (nSPS) is 42.1. The Morgan fingerprint density at radius 1 is 0.615 bits per heavy atom. The number of rotatable bonds is 20. The van der Waals surface area contributed by atoms with Gasteiger partial charge in [-0.3, -0.25) is 4.79 Å². The third kappa shape index (κ3) is 12.4. The van der Waals surface area contributed by atoms with Crippen LogP contribution in [-0.2, 0) is 42.7 Å². The van der Waals surface area contributed by atoms with Crippen molar-refractivity contribution in [3.63, 3.8) is 0 Å². The van der Waals surface area contributed by atoms with Gasteiger partial charge in [-0.05, 0) is 12.1 Å². The molecule has 0 saturated carbocycles. The molecule has 0 aliphatic carbocycles. The number of carbonyl (C=O) groups is 1. The Bertz CT molecular complexity index is 1580. The Morgan fingerprint density at radius 2 is 1.12 bits per heavy atom. The fourth-order valence-corrected chi connectivity index (χ4v) is 7.71. The highest BCUT2D eigenvalue weighted by atomic mass is 16.8. The molecule has 1 amide bonds. The molecule has 5 rings (SSSR count). The van der Waals surface area contributed by atoms with Crippen LogP contribution in [0.5, 0.6) is 0 Å². The number of ether oxygens (including phenoxy) is 8. The van der Waals surface area contributed by atoms with E-state index < -0.39 is 186 Å². The zero-order chi connectivity index (χ0) is 47.9. The zero-order valence-corrected chi connectivity index (χ0v) is 34.7. The lowest BCUT2D eigenvalue weighted by atomic mass is 9.94. The Kier molecular flexibility index (Phi) is 19.8. The van der Waals surface area contributed by atoms with Gasteiger partial charge in [0.2, 0.25) is 5.91 Å². The van der Waals surface area contributed by atoms with Crippen molar-refractivity contribution in [3.8, 4) is 0 Å². The topological polar surface area (TPSA) is 452 Å². The van der Waals surface area contributed by atoms with Gasteiger partial charge in [0.1, 0.15) is 122 Å². The number of carbonyl (C=O) groups excluding carboxylic acids is 1. The Morgan fingerprint density at radius 3 is 1.66 bits per heavy atom. The molecule has 65 heavy (non-hydrogen) atoms. The predicted octanol–water partition coefficient (Wildman–Crippen LogP) is -10.6. The van der Waals surface area contributed by atoms with Crippen LogP contribution in [0.3, 0.4) is 0 Å². The van der Waals surface area contributed by atoms with Gasteiger partial charge in [0.25, 0.3) is 0 Å². The minimum absolute atomic E-state index is 0.308. The van der Waals surface area contributed by atoms with E-state index in [2.05, 4.69) is 15.6 Å². The molecule has 374 valence electrons. The first-order valence-electron chi connectivity index (χ1n) is 20.6. The SMILES string of the molecule is CC(=O)N[C@H]1[C@H](O[C@H]2[C@@H](O)[C@@H](CO)O[C@@H](O[C@@H]([C@H](O)[C@@H](O)CNc3ccccn3)[C@H](O)CO)[C@@H]2O)O[C@H](CO)[C@@H](O[C@@H]2O[C@H](CO)[C@H](O)[C@H](O[C@H]3O[C@H](CO)[C@H](O)[C@H](O)[C@H]3O)[C@H]2O)[C@@H]1O. The number of pyridine rings is 1. The van der Waals surface area contributed by atoms with Crippen LogP contribution in [0.2, 0.25) is 0 Å². The number of aromatic nitrogens is 1. The highest BCUT2D eigenvalue weighted by Gasteiger charge is 2.56. The van der Waals surface area contributed by atoms with Crippen molar-refractivity contribution in [1.82, 2.24) is 10.3 Å². The second-order valence-corrected chi connectivity index (χ2v) is 15.9. The minimum Gasteiger partial charge on any atom is -0.394 e. The first-order chi connectivity index (χ1) is 30.9. The molecule has 1 aromatic heterocycles. The van der Waals surface area contributed by atoms with Crippen molar-refractivity contribution >= 4 is 11.7 Å². The van der Waals surface area contributed by atoms with Crippen molar-refractivity contribution in [3.05, 3.63) is 24.4 Å². The van der Waals surface area contributed by atoms with Gasteiger partial charge in [-0.15, -0.1) is 0 Å². The number of nitrogens with zero attached hydrogens (tertiary/aromatic N) is 1. The second-order valence-electron chi connectivity index (χ2n) is 15.9. The predicted molar refractivity (Wildman–Crippen MR) is 206 cm³/mol. The van der Waals surface area contributed by atoms with Crippen LogP contribution in [0.25, 0.3) is 0 Å². The maximum absolute atomic E-state index is 12.5. The summed E-state index contributed by atoms with van der Waals surface area (Å²) in [5, 5.41) is 175. The van der Waals surface area contributed by atoms with Crippen LogP contribution >= 0.6 is 0 Å². The van der Waals surface area contributed by atoms with E-state index >= 15 is 0 Å². The number of hydrogen-bond donors (Lipinski definition) is 18. The Labute approximate surface area is 369 Å². The lowest BCUT2D eigenvalue weighted by molar-refractivity contribution is -0.383. The quantitative estimate of drug-likeness (QED) is 0.0577. The molecule has 0 bridgehead atoms. The maximum Gasteiger partial charge on any atom is 0.217 e. The smallest absolute Gasteiger partial charge is 0.217 e. The lowest BCUT2D eigenvalue weighted by Crippen LogP contribution is -2.70. The van der Waals surface area contributed by atoms with E-state index in [9.17, 15) is 86.5 Å². The van der Waals surface area contributed by atoms with Gasteiger partial charge in [0.05, 0.1) is 39.1 Å². The highest BCUT2D eigenvalue weighted by Crippen LogP contribution is 2.35. The van der Waals surface area contributed by atoms with Crippen LogP contribution in [0.1, 0.15) is 6.92 Å². The molecule has 4 aliphatic rings. The molecule has 0 radical (unpaired) electrons. The maximum atomic E-state index is 12.5. The van der Waals surface area contributed by atoms with E-state index in [4.69, 9.17) is 37.9 Å². The second kappa shape index (κ2) is 24.1. The number of anilines is 1. The Hall–Kier alpha value is -2.54. The fourth-order valence-electron chi connectivity index (χ4n) is 7.71. The average Bonchev–Trinajstić information content (AvgIpc) is 3.30. The van der Waals surface area contributed by atoms with Gasteiger partial charge in [0, 0.05) is 19.7 Å². The van der Waals surface area contributed by atoms with E-state index in [0.717, 1.165) is 6.92 Å². The molecule has 0 unspecified atom stereocenters. The zero-order valence-electron chi connectivity index (χ0n) is 34.7. The van der Waals surface area contributed by atoms with Crippen LogP contribution in [0.4, 0.5) is 5.82 Å². The average molecular weight is 948 g/mol. The molecular formula is C37H61N3O25. The van der Waals surface area contributed by atoms with Crippen molar-refractivity contribution in [1.29, 1.82) is 0 Å².